The average Bonchev–Trinajstić information content (AvgIpc) is 2.56. The molecule has 2 aromatic carbocycles. The molecule has 0 aliphatic rings. The minimum atomic E-state index is -0.106. The van der Waals surface area contributed by atoms with E-state index in [1.165, 1.54) is 6.92 Å². The predicted octanol–water partition coefficient (Wildman–Crippen LogP) is 3.85. The van der Waals surface area contributed by atoms with E-state index in [1.807, 2.05) is 54.6 Å². The maximum atomic E-state index is 12.4. The van der Waals surface area contributed by atoms with Gasteiger partial charge >= 0.3 is 0 Å². The SMILES string of the molecule is CCCC(NC(=O)Cc1ccc(NC(C)=O)cc1)c1ccccc1. The van der Waals surface area contributed by atoms with Gasteiger partial charge in [0.2, 0.25) is 11.8 Å². The molecule has 0 saturated heterocycles. The Balaban J connectivity index is 1.96. The summed E-state index contributed by atoms with van der Waals surface area (Å²) in [6, 6.07) is 17.4. The van der Waals surface area contributed by atoms with Gasteiger partial charge in [0, 0.05) is 12.6 Å². The smallest absolute Gasteiger partial charge is 0.224 e. The minimum Gasteiger partial charge on any atom is -0.349 e. The third-order valence-electron chi connectivity index (χ3n) is 3.75. The Morgan fingerprint density at radius 2 is 1.67 bits per heavy atom. The summed E-state index contributed by atoms with van der Waals surface area (Å²) in [5.74, 6) is -0.102. The molecule has 0 spiro atoms. The van der Waals surface area contributed by atoms with Crippen LogP contribution in [0.3, 0.4) is 0 Å². The maximum Gasteiger partial charge on any atom is 0.224 e. The Morgan fingerprint density at radius 1 is 1.00 bits per heavy atom. The summed E-state index contributed by atoms with van der Waals surface area (Å²) in [6.07, 6.45) is 2.25. The number of hydrogen-bond acceptors (Lipinski definition) is 2. The summed E-state index contributed by atoms with van der Waals surface area (Å²) < 4.78 is 0. The Hall–Kier alpha value is -2.62. The molecule has 2 amide bonds. The van der Waals surface area contributed by atoms with Gasteiger partial charge in [0.15, 0.2) is 0 Å². The lowest BCUT2D eigenvalue weighted by Crippen LogP contribution is -2.29. The predicted molar refractivity (Wildman–Crippen MR) is 96.7 cm³/mol. The molecule has 1 atom stereocenters. The summed E-state index contributed by atoms with van der Waals surface area (Å²) in [5, 5.41) is 5.84. The number of amides is 2. The van der Waals surface area contributed by atoms with Gasteiger partial charge in [0.25, 0.3) is 0 Å². The first-order chi connectivity index (χ1) is 11.6. The molecule has 24 heavy (non-hydrogen) atoms. The van der Waals surface area contributed by atoms with Crippen LogP contribution in [0.15, 0.2) is 54.6 Å². The van der Waals surface area contributed by atoms with Crippen molar-refractivity contribution in [1.29, 1.82) is 0 Å². The van der Waals surface area contributed by atoms with E-state index < -0.39 is 0 Å². The molecule has 0 bridgehead atoms. The molecule has 0 radical (unpaired) electrons. The third-order valence-corrected chi connectivity index (χ3v) is 3.75. The van der Waals surface area contributed by atoms with Crippen LogP contribution in [0.5, 0.6) is 0 Å². The normalized spacial score (nSPS) is 11.6. The van der Waals surface area contributed by atoms with Gasteiger partial charge in [-0.1, -0.05) is 55.8 Å². The molecule has 126 valence electrons. The largest absolute Gasteiger partial charge is 0.349 e. The molecule has 0 aliphatic carbocycles. The first-order valence-corrected chi connectivity index (χ1v) is 8.29. The maximum absolute atomic E-state index is 12.4. The second-order valence-electron chi connectivity index (χ2n) is 5.87. The van der Waals surface area contributed by atoms with Gasteiger partial charge in [-0.25, -0.2) is 0 Å². The van der Waals surface area contributed by atoms with E-state index in [-0.39, 0.29) is 17.9 Å². The molecule has 0 aromatic heterocycles. The van der Waals surface area contributed by atoms with Gasteiger partial charge < -0.3 is 10.6 Å². The third kappa shape index (κ3) is 5.54. The lowest BCUT2D eigenvalue weighted by atomic mass is 10.0. The molecule has 4 heteroatoms. The molecule has 2 N–H and O–H groups in total. The van der Waals surface area contributed by atoms with Gasteiger partial charge in [0.05, 0.1) is 12.5 Å². The molecule has 4 nitrogen and oxygen atoms in total. The van der Waals surface area contributed by atoms with Gasteiger partial charge in [-0.05, 0) is 29.7 Å². The molecule has 0 fully saturated rings. The number of nitrogens with one attached hydrogen (secondary N) is 2. The van der Waals surface area contributed by atoms with Gasteiger partial charge in [-0.15, -0.1) is 0 Å². The molecule has 0 heterocycles. The second kappa shape index (κ2) is 8.87. The van der Waals surface area contributed by atoms with Crippen LogP contribution < -0.4 is 10.6 Å². The lowest BCUT2D eigenvalue weighted by molar-refractivity contribution is -0.121. The highest BCUT2D eigenvalue weighted by atomic mass is 16.2. The van der Waals surface area contributed by atoms with Crippen LogP contribution in [-0.4, -0.2) is 11.8 Å². The number of carbonyl (C=O) groups is 2. The highest BCUT2D eigenvalue weighted by Crippen LogP contribution is 2.18. The molecular formula is C20H24N2O2. The van der Waals surface area contributed by atoms with Gasteiger partial charge in [-0.2, -0.15) is 0 Å². The first kappa shape index (κ1) is 17.7. The Labute approximate surface area is 143 Å². The lowest BCUT2D eigenvalue weighted by Gasteiger charge is -2.18. The van der Waals surface area contributed by atoms with Crippen molar-refractivity contribution in [1.82, 2.24) is 5.32 Å². The zero-order valence-electron chi connectivity index (χ0n) is 14.2. The topological polar surface area (TPSA) is 58.2 Å². The Kier molecular flexibility index (Phi) is 6.55. The number of carbonyl (C=O) groups excluding carboxylic acids is 2. The highest BCUT2D eigenvalue weighted by Gasteiger charge is 2.13. The van der Waals surface area contributed by atoms with E-state index >= 15 is 0 Å². The Morgan fingerprint density at radius 3 is 2.25 bits per heavy atom. The molecule has 0 saturated carbocycles. The van der Waals surface area contributed by atoms with Gasteiger partial charge in [-0.3, -0.25) is 9.59 Å². The van der Waals surface area contributed by atoms with Crippen molar-refractivity contribution in [3.63, 3.8) is 0 Å². The fraction of sp³-hybridized carbons (Fsp3) is 0.300. The average molecular weight is 324 g/mol. The molecule has 0 aliphatic heterocycles. The van der Waals surface area contributed by atoms with E-state index in [4.69, 9.17) is 0 Å². The van der Waals surface area contributed by atoms with E-state index in [2.05, 4.69) is 17.6 Å². The summed E-state index contributed by atoms with van der Waals surface area (Å²) >= 11 is 0. The summed E-state index contributed by atoms with van der Waals surface area (Å²) in [5.41, 5.74) is 2.79. The fourth-order valence-electron chi connectivity index (χ4n) is 2.64. The van der Waals surface area contributed by atoms with Crippen LogP contribution in [0.2, 0.25) is 0 Å². The van der Waals surface area contributed by atoms with Crippen LogP contribution in [0.4, 0.5) is 5.69 Å². The minimum absolute atomic E-state index is 0.00424. The van der Waals surface area contributed by atoms with Crippen LogP contribution in [0.1, 0.15) is 43.9 Å². The monoisotopic (exact) mass is 324 g/mol. The number of benzene rings is 2. The van der Waals surface area contributed by atoms with E-state index in [1.54, 1.807) is 0 Å². The second-order valence-corrected chi connectivity index (χ2v) is 5.87. The van der Waals surface area contributed by atoms with E-state index in [0.29, 0.717) is 6.42 Å². The quantitative estimate of drug-likeness (QED) is 0.813. The number of rotatable bonds is 7. The van der Waals surface area contributed by atoms with Crippen LogP contribution in [0.25, 0.3) is 0 Å². The van der Waals surface area contributed by atoms with E-state index in [9.17, 15) is 9.59 Å². The van der Waals surface area contributed by atoms with Gasteiger partial charge in [0.1, 0.15) is 0 Å². The van der Waals surface area contributed by atoms with Crippen molar-refractivity contribution < 1.29 is 9.59 Å². The van der Waals surface area contributed by atoms with Crippen molar-refractivity contribution in [3.8, 4) is 0 Å². The first-order valence-electron chi connectivity index (χ1n) is 8.29. The van der Waals surface area contributed by atoms with Crippen molar-refractivity contribution in [2.75, 3.05) is 5.32 Å². The standard InChI is InChI=1S/C20H24N2O2/c1-3-7-19(17-8-5-4-6-9-17)22-20(24)14-16-10-12-18(13-11-16)21-15(2)23/h4-6,8-13,19H,3,7,14H2,1-2H3,(H,21,23)(H,22,24). The summed E-state index contributed by atoms with van der Waals surface area (Å²) in [6.45, 7) is 3.58. The number of hydrogen-bond donors (Lipinski definition) is 2. The molecule has 2 rings (SSSR count). The van der Waals surface area contributed by atoms with Crippen molar-refractivity contribution in [3.05, 3.63) is 65.7 Å². The highest BCUT2D eigenvalue weighted by molar-refractivity contribution is 5.88. The Bertz CT molecular complexity index is 666. The van der Waals surface area contributed by atoms with Crippen LogP contribution in [-0.2, 0) is 16.0 Å². The van der Waals surface area contributed by atoms with Crippen LogP contribution in [0, 0.1) is 0 Å². The zero-order chi connectivity index (χ0) is 17.4. The molecule has 1 unspecified atom stereocenters. The van der Waals surface area contributed by atoms with E-state index in [0.717, 1.165) is 29.7 Å². The van der Waals surface area contributed by atoms with Crippen molar-refractivity contribution in [2.45, 2.75) is 39.2 Å². The fourth-order valence-corrected chi connectivity index (χ4v) is 2.64. The van der Waals surface area contributed by atoms with Crippen molar-refractivity contribution in [2.24, 2.45) is 0 Å². The molecule has 2 aromatic rings. The summed E-state index contributed by atoms with van der Waals surface area (Å²) in [7, 11) is 0. The summed E-state index contributed by atoms with van der Waals surface area (Å²) in [4.78, 5) is 23.4. The number of anilines is 1. The van der Waals surface area contributed by atoms with Crippen LogP contribution >= 0.6 is 0 Å². The zero-order valence-corrected chi connectivity index (χ0v) is 14.2. The molecular weight excluding hydrogens is 300 g/mol. The van der Waals surface area contributed by atoms with Crippen molar-refractivity contribution >= 4 is 17.5 Å².